The van der Waals surface area contributed by atoms with Crippen LogP contribution in [0.15, 0.2) is 103 Å². The SMILES string of the molecule is COC(=O)CCn1cc(C=C2CN(C(c3ccccc3)(c3ccccc3)c3ccccc3)CCC2=O)nn1. The molecule has 1 aromatic heterocycles. The third-order valence-corrected chi connectivity index (χ3v) is 7.03. The number of carbonyl (C=O) groups is 2. The van der Waals surface area contributed by atoms with Crippen molar-refractivity contribution < 1.29 is 14.3 Å². The number of aromatic nitrogens is 3. The molecule has 0 N–H and O–H groups in total. The molecule has 1 aliphatic rings. The third-order valence-electron chi connectivity index (χ3n) is 7.03. The molecule has 1 fully saturated rings. The van der Waals surface area contributed by atoms with Crippen molar-refractivity contribution in [2.24, 2.45) is 0 Å². The van der Waals surface area contributed by atoms with Gasteiger partial charge in [0.05, 0.1) is 31.8 Å². The fourth-order valence-electron chi connectivity index (χ4n) is 5.24. The van der Waals surface area contributed by atoms with E-state index in [0.717, 1.165) is 16.7 Å². The molecule has 0 amide bonds. The molecule has 1 aliphatic heterocycles. The van der Waals surface area contributed by atoms with Gasteiger partial charge in [-0.05, 0) is 22.8 Å². The fourth-order valence-corrected chi connectivity index (χ4v) is 5.24. The molecule has 0 atom stereocenters. The Bertz CT molecular complexity index is 1320. The quantitative estimate of drug-likeness (QED) is 0.199. The third kappa shape index (κ3) is 5.06. The van der Waals surface area contributed by atoms with Crippen LogP contribution in [0.4, 0.5) is 0 Å². The molecule has 4 aromatic rings. The molecule has 0 spiro atoms. The molecular formula is C31H30N4O3. The Balaban J connectivity index is 1.56. The van der Waals surface area contributed by atoms with Crippen LogP contribution in [0.2, 0.25) is 0 Å². The van der Waals surface area contributed by atoms with E-state index in [-0.39, 0.29) is 18.2 Å². The second-order valence-corrected chi connectivity index (χ2v) is 9.31. The Morgan fingerprint density at radius 1 is 0.921 bits per heavy atom. The highest BCUT2D eigenvalue weighted by Crippen LogP contribution is 2.43. The topological polar surface area (TPSA) is 77.3 Å². The standard InChI is InChI=1S/C31H30N4O3/c1-38-30(37)18-20-35-23-28(32-33-35)21-24-22-34(19-17-29(24)36)31(25-11-5-2-6-12-25,26-13-7-3-8-14-26)27-15-9-4-10-16-27/h2-16,21,23H,17-20,22H2,1H3. The summed E-state index contributed by atoms with van der Waals surface area (Å²) in [6.45, 7) is 1.43. The zero-order valence-corrected chi connectivity index (χ0v) is 21.4. The van der Waals surface area contributed by atoms with Crippen LogP contribution in [0.5, 0.6) is 0 Å². The maximum atomic E-state index is 13.1. The van der Waals surface area contributed by atoms with Crippen molar-refractivity contribution in [1.29, 1.82) is 0 Å². The van der Waals surface area contributed by atoms with E-state index >= 15 is 0 Å². The highest BCUT2D eigenvalue weighted by atomic mass is 16.5. The van der Waals surface area contributed by atoms with Crippen LogP contribution in [0.1, 0.15) is 35.2 Å². The molecule has 0 bridgehead atoms. The van der Waals surface area contributed by atoms with Gasteiger partial charge < -0.3 is 4.74 Å². The number of likely N-dealkylation sites (tertiary alicyclic amines) is 1. The molecule has 192 valence electrons. The summed E-state index contributed by atoms with van der Waals surface area (Å²) in [5.74, 6) is -0.203. The number of benzene rings is 3. The van der Waals surface area contributed by atoms with Gasteiger partial charge in [-0.1, -0.05) is 96.2 Å². The van der Waals surface area contributed by atoms with Crippen LogP contribution < -0.4 is 0 Å². The second kappa shape index (κ2) is 11.4. The predicted molar refractivity (Wildman–Crippen MR) is 145 cm³/mol. The van der Waals surface area contributed by atoms with Gasteiger partial charge in [0.15, 0.2) is 5.78 Å². The van der Waals surface area contributed by atoms with Gasteiger partial charge in [0.1, 0.15) is 5.69 Å². The number of hydrogen-bond acceptors (Lipinski definition) is 6. The Labute approximate surface area is 222 Å². The Kier molecular flexibility index (Phi) is 7.56. The molecule has 0 unspecified atom stereocenters. The number of carbonyl (C=O) groups excluding carboxylic acids is 2. The van der Waals surface area contributed by atoms with Gasteiger partial charge in [-0.25, -0.2) is 0 Å². The van der Waals surface area contributed by atoms with Crippen molar-refractivity contribution in [1.82, 2.24) is 19.9 Å². The minimum atomic E-state index is -0.596. The van der Waals surface area contributed by atoms with E-state index in [1.54, 1.807) is 10.9 Å². The van der Waals surface area contributed by atoms with Gasteiger partial charge in [-0.3, -0.25) is 19.2 Å². The van der Waals surface area contributed by atoms with Crippen molar-refractivity contribution in [2.45, 2.75) is 24.9 Å². The number of nitrogens with zero attached hydrogens (tertiary/aromatic N) is 4. The largest absolute Gasteiger partial charge is 0.469 e. The normalized spacial score (nSPS) is 15.5. The number of hydrogen-bond donors (Lipinski definition) is 0. The minimum absolute atomic E-state index is 0.105. The number of piperidine rings is 1. The number of ketones is 1. The summed E-state index contributed by atoms with van der Waals surface area (Å²) in [5, 5.41) is 8.34. The van der Waals surface area contributed by atoms with Crippen LogP contribution in [0, 0.1) is 0 Å². The summed E-state index contributed by atoms with van der Waals surface area (Å²) >= 11 is 0. The van der Waals surface area contributed by atoms with Gasteiger partial charge in [0.25, 0.3) is 0 Å². The van der Waals surface area contributed by atoms with E-state index in [0.29, 0.717) is 37.3 Å². The van der Waals surface area contributed by atoms with E-state index < -0.39 is 5.54 Å². The van der Waals surface area contributed by atoms with E-state index in [1.807, 2.05) is 24.3 Å². The lowest BCUT2D eigenvalue weighted by Gasteiger charge is -2.47. The zero-order chi connectivity index (χ0) is 26.4. The fraction of sp³-hybridized carbons (Fsp3) is 0.226. The first-order valence-corrected chi connectivity index (χ1v) is 12.7. The molecule has 7 heteroatoms. The number of methoxy groups -OCH3 is 1. The first-order valence-electron chi connectivity index (χ1n) is 12.7. The summed E-state index contributed by atoms with van der Waals surface area (Å²) in [6, 6.07) is 31.4. The maximum absolute atomic E-state index is 13.1. The highest BCUT2D eigenvalue weighted by Gasteiger charge is 2.44. The number of rotatable bonds is 8. The lowest BCUT2D eigenvalue weighted by atomic mass is 9.74. The molecule has 0 aliphatic carbocycles. The van der Waals surface area contributed by atoms with Crippen LogP contribution in [0.25, 0.3) is 6.08 Å². The Morgan fingerprint density at radius 2 is 1.47 bits per heavy atom. The molecule has 0 radical (unpaired) electrons. The van der Waals surface area contributed by atoms with Crippen LogP contribution in [-0.2, 0) is 26.4 Å². The minimum Gasteiger partial charge on any atom is -0.469 e. The number of Topliss-reactive ketones (excluding diaryl/α,β-unsaturated/α-hetero) is 1. The summed E-state index contributed by atoms with van der Waals surface area (Å²) in [6.07, 6.45) is 4.18. The van der Waals surface area contributed by atoms with Gasteiger partial charge >= 0.3 is 5.97 Å². The number of ether oxygens (including phenoxy) is 1. The zero-order valence-electron chi connectivity index (χ0n) is 21.4. The van der Waals surface area contributed by atoms with E-state index in [1.165, 1.54) is 7.11 Å². The second-order valence-electron chi connectivity index (χ2n) is 9.31. The lowest BCUT2D eigenvalue weighted by Crippen LogP contribution is -2.52. The Hall–Kier alpha value is -4.36. The first kappa shape index (κ1) is 25.3. The number of esters is 1. The smallest absolute Gasteiger partial charge is 0.307 e. The van der Waals surface area contributed by atoms with Gasteiger partial charge in [0, 0.05) is 25.1 Å². The van der Waals surface area contributed by atoms with Crippen molar-refractivity contribution in [3.63, 3.8) is 0 Å². The molecule has 1 saturated heterocycles. The average molecular weight is 507 g/mol. The predicted octanol–water partition coefficient (Wildman–Crippen LogP) is 4.49. The van der Waals surface area contributed by atoms with E-state index in [4.69, 9.17) is 4.74 Å². The van der Waals surface area contributed by atoms with Crippen molar-refractivity contribution in [3.8, 4) is 0 Å². The molecule has 38 heavy (non-hydrogen) atoms. The molecule has 5 rings (SSSR count). The average Bonchev–Trinajstić information content (AvgIpc) is 3.43. The summed E-state index contributed by atoms with van der Waals surface area (Å²) in [7, 11) is 1.36. The molecule has 7 nitrogen and oxygen atoms in total. The summed E-state index contributed by atoms with van der Waals surface area (Å²) in [4.78, 5) is 27.0. The van der Waals surface area contributed by atoms with E-state index in [9.17, 15) is 9.59 Å². The summed E-state index contributed by atoms with van der Waals surface area (Å²) in [5.41, 5.74) is 4.09. The monoisotopic (exact) mass is 506 g/mol. The van der Waals surface area contributed by atoms with Crippen LogP contribution >= 0.6 is 0 Å². The molecule has 2 heterocycles. The first-order chi connectivity index (χ1) is 18.6. The summed E-state index contributed by atoms with van der Waals surface area (Å²) < 4.78 is 6.30. The van der Waals surface area contributed by atoms with Gasteiger partial charge in [-0.15, -0.1) is 5.10 Å². The Morgan fingerprint density at radius 3 is 2.00 bits per heavy atom. The van der Waals surface area contributed by atoms with Crippen LogP contribution in [0.3, 0.4) is 0 Å². The molecule has 0 saturated carbocycles. The van der Waals surface area contributed by atoms with E-state index in [2.05, 4.69) is 88.0 Å². The van der Waals surface area contributed by atoms with Crippen LogP contribution in [-0.4, -0.2) is 51.8 Å². The van der Waals surface area contributed by atoms with Gasteiger partial charge in [0.2, 0.25) is 0 Å². The van der Waals surface area contributed by atoms with Gasteiger partial charge in [-0.2, -0.15) is 0 Å². The van der Waals surface area contributed by atoms with Crippen molar-refractivity contribution in [2.75, 3.05) is 20.2 Å². The molecular weight excluding hydrogens is 476 g/mol. The van der Waals surface area contributed by atoms with Crippen molar-refractivity contribution >= 4 is 17.8 Å². The highest BCUT2D eigenvalue weighted by molar-refractivity contribution is 6.00. The lowest BCUT2D eigenvalue weighted by molar-refractivity contribution is -0.140. The van der Waals surface area contributed by atoms with Crippen molar-refractivity contribution in [3.05, 3.63) is 125 Å². The molecule has 3 aromatic carbocycles. The maximum Gasteiger partial charge on any atom is 0.307 e. The number of aryl methyl sites for hydroxylation is 1.